The molecule has 130 valence electrons. The molecule has 1 amide bonds. The van der Waals surface area contributed by atoms with Gasteiger partial charge in [0.15, 0.2) is 0 Å². The SMILES string of the molecule is COC(=O)c1ccc(N2CCC(C(=O)N3CCCC3)CC2)nc1C. The molecule has 1 aromatic heterocycles. The number of hydrogen-bond acceptors (Lipinski definition) is 5. The zero-order chi connectivity index (χ0) is 17.1. The van der Waals surface area contributed by atoms with Crippen molar-refractivity contribution in [2.45, 2.75) is 32.6 Å². The molecule has 2 saturated heterocycles. The van der Waals surface area contributed by atoms with Crippen LogP contribution in [0.25, 0.3) is 0 Å². The topological polar surface area (TPSA) is 62.7 Å². The summed E-state index contributed by atoms with van der Waals surface area (Å²) in [5.74, 6) is 0.987. The fourth-order valence-corrected chi connectivity index (χ4v) is 3.60. The number of likely N-dealkylation sites (tertiary alicyclic amines) is 1. The Morgan fingerprint density at radius 3 is 2.38 bits per heavy atom. The van der Waals surface area contributed by atoms with Gasteiger partial charge in [-0.1, -0.05) is 0 Å². The van der Waals surface area contributed by atoms with Crippen LogP contribution in [0.4, 0.5) is 5.82 Å². The van der Waals surface area contributed by atoms with Gasteiger partial charge in [0.2, 0.25) is 5.91 Å². The highest BCUT2D eigenvalue weighted by Gasteiger charge is 2.30. The van der Waals surface area contributed by atoms with E-state index in [1.807, 2.05) is 17.9 Å². The predicted molar refractivity (Wildman–Crippen MR) is 91.1 cm³/mol. The molecule has 6 heteroatoms. The molecule has 0 unspecified atom stereocenters. The molecule has 24 heavy (non-hydrogen) atoms. The fraction of sp³-hybridized carbons (Fsp3) is 0.611. The molecule has 6 nitrogen and oxygen atoms in total. The lowest BCUT2D eigenvalue weighted by molar-refractivity contribution is -0.135. The molecule has 0 atom stereocenters. The minimum atomic E-state index is -0.360. The number of ether oxygens (including phenoxy) is 1. The van der Waals surface area contributed by atoms with Crippen LogP contribution in [0, 0.1) is 12.8 Å². The van der Waals surface area contributed by atoms with E-state index < -0.39 is 0 Å². The van der Waals surface area contributed by atoms with Crippen LogP contribution in [-0.4, -0.2) is 55.0 Å². The third-order valence-electron chi connectivity index (χ3n) is 5.06. The Labute approximate surface area is 142 Å². The van der Waals surface area contributed by atoms with Crippen LogP contribution in [-0.2, 0) is 9.53 Å². The lowest BCUT2D eigenvalue weighted by Gasteiger charge is -2.34. The van der Waals surface area contributed by atoms with Gasteiger partial charge in [-0.05, 0) is 44.7 Å². The number of pyridine rings is 1. The van der Waals surface area contributed by atoms with Gasteiger partial charge in [-0.3, -0.25) is 4.79 Å². The second kappa shape index (κ2) is 7.20. The van der Waals surface area contributed by atoms with E-state index in [9.17, 15) is 9.59 Å². The number of methoxy groups -OCH3 is 1. The molecule has 0 radical (unpaired) electrons. The fourth-order valence-electron chi connectivity index (χ4n) is 3.60. The van der Waals surface area contributed by atoms with Gasteiger partial charge in [-0.25, -0.2) is 9.78 Å². The first kappa shape index (κ1) is 16.7. The highest BCUT2D eigenvalue weighted by molar-refractivity contribution is 5.90. The van der Waals surface area contributed by atoms with Gasteiger partial charge in [0.05, 0.1) is 18.4 Å². The summed E-state index contributed by atoms with van der Waals surface area (Å²) in [6, 6.07) is 3.63. The van der Waals surface area contributed by atoms with Crippen molar-refractivity contribution in [2.75, 3.05) is 38.2 Å². The Hall–Kier alpha value is -2.11. The van der Waals surface area contributed by atoms with Gasteiger partial charge in [-0.2, -0.15) is 0 Å². The average molecular weight is 331 g/mol. The summed E-state index contributed by atoms with van der Waals surface area (Å²) in [6.07, 6.45) is 4.02. The number of carbonyl (C=O) groups is 2. The number of aromatic nitrogens is 1. The second-order valence-corrected chi connectivity index (χ2v) is 6.59. The summed E-state index contributed by atoms with van der Waals surface area (Å²) in [5, 5.41) is 0. The zero-order valence-electron chi connectivity index (χ0n) is 14.5. The summed E-state index contributed by atoms with van der Waals surface area (Å²) in [4.78, 5) is 32.9. The summed E-state index contributed by atoms with van der Waals surface area (Å²) in [7, 11) is 1.37. The van der Waals surface area contributed by atoms with E-state index in [0.29, 0.717) is 17.2 Å². The minimum absolute atomic E-state index is 0.148. The van der Waals surface area contributed by atoms with Gasteiger partial charge in [-0.15, -0.1) is 0 Å². The normalized spacial score (nSPS) is 18.8. The minimum Gasteiger partial charge on any atom is -0.465 e. The number of piperidine rings is 1. The van der Waals surface area contributed by atoms with Crippen LogP contribution in [0.15, 0.2) is 12.1 Å². The molecule has 0 saturated carbocycles. The number of amides is 1. The lowest BCUT2D eigenvalue weighted by Crippen LogP contribution is -2.42. The first-order chi connectivity index (χ1) is 11.6. The third kappa shape index (κ3) is 3.37. The summed E-state index contributed by atoms with van der Waals surface area (Å²) in [6.45, 7) is 5.32. The van der Waals surface area contributed by atoms with Crippen LogP contribution in [0.5, 0.6) is 0 Å². The molecule has 2 aliphatic heterocycles. The number of anilines is 1. The third-order valence-corrected chi connectivity index (χ3v) is 5.06. The number of rotatable bonds is 3. The molecule has 0 N–H and O–H groups in total. The van der Waals surface area contributed by atoms with E-state index in [1.165, 1.54) is 7.11 Å². The second-order valence-electron chi connectivity index (χ2n) is 6.59. The van der Waals surface area contributed by atoms with Gasteiger partial charge < -0.3 is 14.5 Å². The lowest BCUT2D eigenvalue weighted by atomic mass is 9.95. The van der Waals surface area contributed by atoms with Crippen LogP contribution < -0.4 is 4.90 Å². The van der Waals surface area contributed by atoms with Crippen molar-refractivity contribution in [2.24, 2.45) is 5.92 Å². The predicted octanol–water partition coefficient (Wildman–Crippen LogP) is 2.02. The summed E-state index contributed by atoms with van der Waals surface area (Å²) < 4.78 is 4.76. The molecule has 1 aromatic rings. The summed E-state index contributed by atoms with van der Waals surface area (Å²) in [5.41, 5.74) is 1.18. The Kier molecular flexibility index (Phi) is 5.02. The quantitative estimate of drug-likeness (QED) is 0.793. The molecule has 0 aromatic carbocycles. The van der Waals surface area contributed by atoms with Crippen molar-refractivity contribution in [1.29, 1.82) is 0 Å². The smallest absolute Gasteiger partial charge is 0.339 e. The van der Waals surface area contributed by atoms with E-state index in [2.05, 4.69) is 9.88 Å². The van der Waals surface area contributed by atoms with Gasteiger partial charge in [0, 0.05) is 32.1 Å². The van der Waals surface area contributed by atoms with E-state index in [4.69, 9.17) is 4.74 Å². The van der Waals surface area contributed by atoms with E-state index in [1.54, 1.807) is 6.07 Å². The van der Waals surface area contributed by atoms with Crippen LogP contribution in [0.1, 0.15) is 41.7 Å². The maximum absolute atomic E-state index is 12.5. The van der Waals surface area contributed by atoms with E-state index in [0.717, 1.165) is 57.7 Å². The standard InChI is InChI=1S/C18H25N3O3/c1-13-15(18(23)24-2)5-6-16(19-13)20-11-7-14(8-12-20)17(22)21-9-3-4-10-21/h5-6,14H,3-4,7-12H2,1-2H3. The molecule has 2 fully saturated rings. The van der Waals surface area contributed by atoms with Crippen molar-refractivity contribution < 1.29 is 14.3 Å². The number of hydrogen-bond donors (Lipinski definition) is 0. The highest BCUT2D eigenvalue weighted by atomic mass is 16.5. The van der Waals surface area contributed by atoms with E-state index >= 15 is 0 Å². The monoisotopic (exact) mass is 331 g/mol. The van der Waals surface area contributed by atoms with E-state index in [-0.39, 0.29) is 11.9 Å². The molecule has 2 aliphatic rings. The maximum Gasteiger partial charge on any atom is 0.339 e. The number of aryl methyl sites for hydroxylation is 1. The molecule has 3 rings (SSSR count). The van der Waals surface area contributed by atoms with Crippen molar-refractivity contribution in [3.05, 3.63) is 23.4 Å². The largest absolute Gasteiger partial charge is 0.465 e. The zero-order valence-corrected chi connectivity index (χ0v) is 14.5. The molecule has 0 bridgehead atoms. The van der Waals surface area contributed by atoms with Gasteiger partial charge in [0.25, 0.3) is 0 Å². The molecular formula is C18H25N3O3. The van der Waals surface area contributed by atoms with Crippen LogP contribution in [0.2, 0.25) is 0 Å². The Morgan fingerprint density at radius 2 is 1.79 bits per heavy atom. The van der Waals surface area contributed by atoms with Gasteiger partial charge >= 0.3 is 5.97 Å². The van der Waals surface area contributed by atoms with Crippen LogP contribution in [0.3, 0.4) is 0 Å². The maximum atomic E-state index is 12.5. The van der Waals surface area contributed by atoms with Gasteiger partial charge in [0.1, 0.15) is 5.82 Å². The first-order valence-electron chi connectivity index (χ1n) is 8.70. The molecule has 0 spiro atoms. The number of carbonyl (C=O) groups excluding carboxylic acids is 2. The molecule has 3 heterocycles. The number of nitrogens with zero attached hydrogens (tertiary/aromatic N) is 3. The summed E-state index contributed by atoms with van der Waals surface area (Å²) >= 11 is 0. The van der Waals surface area contributed by atoms with Crippen molar-refractivity contribution >= 4 is 17.7 Å². The average Bonchev–Trinajstić information content (AvgIpc) is 3.15. The Balaban J connectivity index is 1.61. The Morgan fingerprint density at radius 1 is 1.12 bits per heavy atom. The van der Waals surface area contributed by atoms with Crippen molar-refractivity contribution in [3.63, 3.8) is 0 Å². The van der Waals surface area contributed by atoms with Crippen molar-refractivity contribution in [3.8, 4) is 0 Å². The highest BCUT2D eigenvalue weighted by Crippen LogP contribution is 2.25. The molecular weight excluding hydrogens is 306 g/mol. The van der Waals surface area contributed by atoms with Crippen LogP contribution >= 0.6 is 0 Å². The van der Waals surface area contributed by atoms with Crippen molar-refractivity contribution in [1.82, 2.24) is 9.88 Å². The first-order valence-corrected chi connectivity index (χ1v) is 8.70. The number of esters is 1. The molecule has 0 aliphatic carbocycles. The Bertz CT molecular complexity index is 618.